The summed E-state index contributed by atoms with van der Waals surface area (Å²) in [6.45, 7) is 4.95. The number of rotatable bonds is 56. The highest BCUT2D eigenvalue weighted by molar-refractivity contribution is 5.76. The van der Waals surface area contributed by atoms with Crippen LogP contribution in [0.5, 0.6) is 0 Å². The van der Waals surface area contributed by atoms with Gasteiger partial charge in [0.2, 0.25) is 5.91 Å². The highest BCUT2D eigenvalue weighted by atomic mass is 16.5. The van der Waals surface area contributed by atoms with Gasteiger partial charge in [-0.15, -0.1) is 0 Å². The zero-order valence-electron chi connectivity index (χ0n) is 45.1. The Labute approximate surface area is 418 Å². The second kappa shape index (κ2) is 56.9. The van der Waals surface area contributed by atoms with Crippen LogP contribution in [0.15, 0.2) is 24.3 Å². The Kier molecular flexibility index (Phi) is 55.5. The summed E-state index contributed by atoms with van der Waals surface area (Å²) in [7, 11) is 0. The van der Waals surface area contributed by atoms with E-state index in [1.54, 1.807) is 0 Å². The molecule has 0 aromatic heterocycles. The van der Waals surface area contributed by atoms with Crippen LogP contribution in [0.25, 0.3) is 0 Å². The van der Waals surface area contributed by atoms with Crippen LogP contribution in [-0.4, -0.2) is 47.4 Å². The van der Waals surface area contributed by atoms with Gasteiger partial charge in [-0.05, 0) is 77.0 Å². The molecule has 0 saturated carbocycles. The summed E-state index contributed by atoms with van der Waals surface area (Å²) < 4.78 is 5.49. The van der Waals surface area contributed by atoms with E-state index in [4.69, 9.17) is 4.74 Å². The molecule has 0 bridgehead atoms. The number of allylic oxidation sites excluding steroid dienone is 4. The topological polar surface area (TPSA) is 95.9 Å². The molecule has 396 valence electrons. The van der Waals surface area contributed by atoms with Crippen molar-refractivity contribution in [3.8, 4) is 0 Å². The number of nitrogens with one attached hydrogen (secondary N) is 1. The van der Waals surface area contributed by atoms with Gasteiger partial charge in [0, 0.05) is 12.8 Å². The van der Waals surface area contributed by atoms with E-state index < -0.39 is 12.1 Å². The minimum absolute atomic E-state index is 0.000405. The summed E-state index contributed by atoms with van der Waals surface area (Å²) in [6.07, 6.45) is 68.9. The van der Waals surface area contributed by atoms with E-state index in [1.807, 2.05) is 0 Å². The molecule has 0 aromatic carbocycles. The number of carbonyl (C=O) groups is 2. The normalized spacial score (nSPS) is 12.7. The number of hydrogen-bond donors (Lipinski definition) is 3. The SMILES string of the molecule is CCCCCCCCC/C=C\CCCCCCCCCC(=O)OCCCCCCCCCCC/C=C\CCCCCCCC(=O)NC(CO)C(O)CCCCCCCCCCCCCCCC. The van der Waals surface area contributed by atoms with Gasteiger partial charge in [0.25, 0.3) is 0 Å². The van der Waals surface area contributed by atoms with Gasteiger partial charge in [0.05, 0.1) is 25.4 Å². The molecule has 0 radical (unpaired) electrons. The van der Waals surface area contributed by atoms with Crippen molar-refractivity contribution in [1.29, 1.82) is 0 Å². The molecule has 6 nitrogen and oxygen atoms in total. The van der Waals surface area contributed by atoms with Crippen LogP contribution in [0.4, 0.5) is 0 Å². The molecular formula is C61H117NO5. The molecule has 0 rings (SSSR count). The third-order valence-corrected chi connectivity index (χ3v) is 14.0. The first-order valence-electron chi connectivity index (χ1n) is 30.1. The summed E-state index contributed by atoms with van der Waals surface area (Å²) in [6, 6.07) is -0.551. The van der Waals surface area contributed by atoms with Crippen LogP contribution < -0.4 is 5.32 Å². The number of amides is 1. The molecule has 0 spiro atoms. The highest BCUT2D eigenvalue weighted by Gasteiger charge is 2.20. The van der Waals surface area contributed by atoms with Crippen LogP contribution in [0.1, 0.15) is 328 Å². The van der Waals surface area contributed by atoms with Gasteiger partial charge in [-0.2, -0.15) is 0 Å². The predicted octanol–water partition coefficient (Wildman–Crippen LogP) is 18.6. The van der Waals surface area contributed by atoms with Crippen molar-refractivity contribution < 1.29 is 24.5 Å². The van der Waals surface area contributed by atoms with E-state index in [0.29, 0.717) is 25.9 Å². The third kappa shape index (κ3) is 53.5. The minimum atomic E-state index is -0.672. The molecule has 0 fully saturated rings. The van der Waals surface area contributed by atoms with Crippen molar-refractivity contribution in [2.45, 2.75) is 341 Å². The molecule has 0 aliphatic carbocycles. The van der Waals surface area contributed by atoms with Crippen molar-refractivity contribution >= 4 is 11.9 Å². The molecule has 0 aliphatic rings. The molecule has 0 saturated heterocycles. The van der Waals surface area contributed by atoms with Gasteiger partial charge in [0.15, 0.2) is 0 Å². The summed E-state index contributed by atoms with van der Waals surface area (Å²) >= 11 is 0. The van der Waals surface area contributed by atoms with Crippen LogP contribution in [0.2, 0.25) is 0 Å². The van der Waals surface area contributed by atoms with Gasteiger partial charge in [0.1, 0.15) is 0 Å². The first-order valence-corrected chi connectivity index (χ1v) is 30.1. The average molecular weight is 945 g/mol. The lowest BCUT2D eigenvalue weighted by Crippen LogP contribution is -2.45. The summed E-state index contributed by atoms with van der Waals surface area (Å²) in [5.41, 5.74) is 0. The first-order chi connectivity index (χ1) is 33.0. The van der Waals surface area contributed by atoms with Crippen molar-refractivity contribution in [2.75, 3.05) is 13.2 Å². The van der Waals surface area contributed by atoms with Crippen molar-refractivity contribution in [3.63, 3.8) is 0 Å². The van der Waals surface area contributed by atoms with E-state index in [0.717, 1.165) is 57.8 Å². The van der Waals surface area contributed by atoms with Crippen molar-refractivity contribution in [1.82, 2.24) is 5.32 Å². The lowest BCUT2D eigenvalue weighted by molar-refractivity contribution is -0.143. The van der Waals surface area contributed by atoms with E-state index >= 15 is 0 Å². The monoisotopic (exact) mass is 944 g/mol. The van der Waals surface area contributed by atoms with Crippen molar-refractivity contribution in [2.24, 2.45) is 0 Å². The van der Waals surface area contributed by atoms with Gasteiger partial charge < -0.3 is 20.3 Å². The Hall–Kier alpha value is -1.66. The zero-order valence-corrected chi connectivity index (χ0v) is 45.1. The lowest BCUT2D eigenvalue weighted by Gasteiger charge is -2.22. The second-order valence-corrected chi connectivity index (χ2v) is 20.7. The van der Waals surface area contributed by atoms with E-state index in [1.165, 1.54) is 238 Å². The number of aliphatic hydroxyl groups excluding tert-OH is 2. The Morgan fingerprint density at radius 2 is 0.701 bits per heavy atom. The molecular weight excluding hydrogens is 827 g/mol. The predicted molar refractivity (Wildman–Crippen MR) is 292 cm³/mol. The number of unbranched alkanes of at least 4 members (excludes halogenated alkanes) is 41. The molecule has 6 heteroatoms. The lowest BCUT2D eigenvalue weighted by atomic mass is 10.0. The Bertz CT molecular complexity index is 1040. The van der Waals surface area contributed by atoms with E-state index in [-0.39, 0.29) is 18.5 Å². The largest absolute Gasteiger partial charge is 0.466 e. The second-order valence-electron chi connectivity index (χ2n) is 20.7. The number of aliphatic hydroxyl groups is 2. The fourth-order valence-corrected chi connectivity index (χ4v) is 9.34. The van der Waals surface area contributed by atoms with Gasteiger partial charge >= 0.3 is 5.97 Å². The van der Waals surface area contributed by atoms with E-state index in [9.17, 15) is 19.8 Å². The molecule has 2 unspecified atom stereocenters. The first kappa shape index (κ1) is 65.3. The number of hydrogen-bond acceptors (Lipinski definition) is 5. The van der Waals surface area contributed by atoms with Gasteiger partial charge in [-0.1, -0.05) is 263 Å². The maximum absolute atomic E-state index is 12.5. The minimum Gasteiger partial charge on any atom is -0.466 e. The van der Waals surface area contributed by atoms with Crippen LogP contribution in [0, 0.1) is 0 Å². The number of ether oxygens (including phenoxy) is 1. The Morgan fingerprint density at radius 3 is 1.06 bits per heavy atom. The molecule has 0 aromatic rings. The maximum atomic E-state index is 12.5. The third-order valence-electron chi connectivity index (χ3n) is 14.0. The smallest absolute Gasteiger partial charge is 0.305 e. The number of carbonyl (C=O) groups excluding carboxylic acids is 2. The fourth-order valence-electron chi connectivity index (χ4n) is 9.34. The van der Waals surface area contributed by atoms with Crippen LogP contribution >= 0.6 is 0 Å². The summed E-state index contributed by atoms with van der Waals surface area (Å²) in [5.74, 6) is -0.0478. The van der Waals surface area contributed by atoms with E-state index in [2.05, 4.69) is 43.5 Å². The Balaban J connectivity index is 3.43. The van der Waals surface area contributed by atoms with Crippen LogP contribution in [0.3, 0.4) is 0 Å². The van der Waals surface area contributed by atoms with Gasteiger partial charge in [-0.3, -0.25) is 9.59 Å². The molecule has 2 atom stereocenters. The Morgan fingerprint density at radius 1 is 0.403 bits per heavy atom. The average Bonchev–Trinajstić information content (AvgIpc) is 3.33. The standard InChI is InChI=1S/C61H117NO5/c1-3-5-7-9-11-13-15-17-19-20-24-27-31-35-39-43-47-51-55-61(66)67-56-52-48-44-40-36-32-28-25-22-21-23-26-30-34-38-42-46-50-54-60(65)62-58(57-63)59(64)53-49-45-41-37-33-29-18-16-14-12-10-8-6-4-2/h19-20,23,26,58-59,63-64H,3-18,21-22,24-25,27-57H2,1-2H3,(H,62,65)/b20-19-,26-23-. The quantitative estimate of drug-likeness (QED) is 0.0321. The fraction of sp³-hybridized carbons (Fsp3) is 0.902. The highest BCUT2D eigenvalue weighted by Crippen LogP contribution is 2.17. The zero-order chi connectivity index (χ0) is 48.6. The maximum Gasteiger partial charge on any atom is 0.305 e. The molecule has 1 amide bonds. The van der Waals surface area contributed by atoms with Crippen LogP contribution in [-0.2, 0) is 14.3 Å². The van der Waals surface area contributed by atoms with Gasteiger partial charge in [-0.25, -0.2) is 0 Å². The van der Waals surface area contributed by atoms with Crippen molar-refractivity contribution in [3.05, 3.63) is 24.3 Å². The number of esters is 1. The summed E-state index contributed by atoms with van der Waals surface area (Å²) in [4.78, 5) is 24.5. The molecule has 0 aliphatic heterocycles. The summed E-state index contributed by atoms with van der Waals surface area (Å²) in [5, 5.41) is 23.2. The molecule has 0 heterocycles. The molecule has 67 heavy (non-hydrogen) atoms. The molecule has 3 N–H and O–H groups in total.